The van der Waals surface area contributed by atoms with Crippen LogP contribution < -0.4 is 4.74 Å². The molecule has 0 atom stereocenters. The molecule has 0 bridgehead atoms. The van der Waals surface area contributed by atoms with Crippen molar-refractivity contribution in [2.45, 2.75) is 43.6 Å². The number of piperidine rings is 1. The van der Waals surface area contributed by atoms with Crippen molar-refractivity contribution in [2.24, 2.45) is 5.41 Å². The summed E-state index contributed by atoms with van der Waals surface area (Å²) < 4.78 is 97.5. The number of sulfonamides is 1. The Hall–Kier alpha value is -3.44. The maximum absolute atomic E-state index is 13.2. The first kappa shape index (κ1) is 34.8. The number of alkyl halides is 6. The van der Waals surface area contributed by atoms with Crippen LogP contribution in [0.2, 0.25) is 0 Å². The Morgan fingerprint density at radius 3 is 1.93 bits per heavy atom. The molecular formula is C25H29F6N3O7S. The second-order valence-corrected chi connectivity index (χ2v) is 11.3. The molecule has 234 valence electrons. The van der Waals surface area contributed by atoms with Crippen LogP contribution in [0.4, 0.5) is 26.3 Å². The maximum atomic E-state index is 13.2. The van der Waals surface area contributed by atoms with Gasteiger partial charge in [-0.3, -0.25) is 9.88 Å². The van der Waals surface area contributed by atoms with Gasteiger partial charge in [-0.1, -0.05) is 19.1 Å². The number of aromatic nitrogens is 1. The largest absolute Gasteiger partial charge is 0.492 e. The van der Waals surface area contributed by atoms with Crippen LogP contribution in [0.3, 0.4) is 0 Å². The summed E-state index contributed by atoms with van der Waals surface area (Å²) in [6.07, 6.45) is -4.67. The van der Waals surface area contributed by atoms with Crippen LogP contribution in [-0.4, -0.2) is 89.9 Å². The smallest absolute Gasteiger partial charge is 0.490 e. The number of carbonyl (C=O) groups is 2. The van der Waals surface area contributed by atoms with Gasteiger partial charge in [-0.25, -0.2) is 18.0 Å². The highest BCUT2D eigenvalue weighted by molar-refractivity contribution is 7.89. The summed E-state index contributed by atoms with van der Waals surface area (Å²) in [5, 5.41) is 14.2. The Balaban J connectivity index is 0.000000367. The molecule has 1 saturated heterocycles. The van der Waals surface area contributed by atoms with E-state index in [-0.39, 0.29) is 10.3 Å². The minimum atomic E-state index is -5.08. The van der Waals surface area contributed by atoms with Gasteiger partial charge in [0.1, 0.15) is 10.6 Å². The number of carboxylic acid groups (broad SMARTS) is 2. The SMILES string of the molecule is CCN1CC2(CCN(Cc3ccncc3)CC2)COc2ccccc2S1(=O)=O.O=C(O)C(F)(F)F.O=C(O)C(F)(F)F. The van der Waals surface area contributed by atoms with Crippen molar-refractivity contribution in [1.82, 2.24) is 14.2 Å². The zero-order valence-electron chi connectivity index (χ0n) is 22.2. The lowest BCUT2D eigenvalue weighted by Crippen LogP contribution is -2.51. The molecule has 1 aromatic heterocycles. The Morgan fingerprint density at radius 2 is 1.45 bits per heavy atom. The molecule has 0 unspecified atom stereocenters. The molecule has 42 heavy (non-hydrogen) atoms. The van der Waals surface area contributed by atoms with E-state index in [2.05, 4.69) is 9.88 Å². The molecule has 2 aromatic rings. The van der Waals surface area contributed by atoms with Gasteiger partial charge in [-0.15, -0.1) is 0 Å². The van der Waals surface area contributed by atoms with Crippen LogP contribution in [0, 0.1) is 5.41 Å². The highest BCUT2D eigenvalue weighted by Gasteiger charge is 2.42. The summed E-state index contributed by atoms with van der Waals surface area (Å²) in [5.74, 6) is -5.04. The van der Waals surface area contributed by atoms with Crippen LogP contribution >= 0.6 is 0 Å². The maximum Gasteiger partial charge on any atom is 0.490 e. The molecule has 2 aliphatic heterocycles. The third-order valence-corrected chi connectivity index (χ3v) is 8.38. The van der Waals surface area contributed by atoms with Crippen molar-refractivity contribution in [3.05, 3.63) is 54.4 Å². The van der Waals surface area contributed by atoms with Gasteiger partial charge in [0.2, 0.25) is 10.0 Å². The number of rotatable bonds is 3. The first-order valence-corrected chi connectivity index (χ1v) is 13.8. The molecule has 17 heteroatoms. The van der Waals surface area contributed by atoms with Crippen molar-refractivity contribution < 1.29 is 59.3 Å². The van der Waals surface area contributed by atoms with Crippen molar-refractivity contribution >= 4 is 22.0 Å². The molecule has 10 nitrogen and oxygen atoms in total. The summed E-state index contributed by atoms with van der Waals surface area (Å²) in [6, 6.07) is 11.1. The number of hydrogen-bond donors (Lipinski definition) is 2. The summed E-state index contributed by atoms with van der Waals surface area (Å²) >= 11 is 0. The Morgan fingerprint density at radius 1 is 0.952 bits per heavy atom. The summed E-state index contributed by atoms with van der Waals surface area (Å²) in [6.45, 7) is 6.23. The predicted octanol–water partition coefficient (Wildman–Crippen LogP) is 4.03. The van der Waals surface area contributed by atoms with E-state index >= 15 is 0 Å². The van der Waals surface area contributed by atoms with Gasteiger partial charge >= 0.3 is 24.3 Å². The van der Waals surface area contributed by atoms with Crippen molar-refractivity contribution in [3.63, 3.8) is 0 Å². The zero-order valence-corrected chi connectivity index (χ0v) is 23.0. The second kappa shape index (κ2) is 14.2. The number of hydrogen-bond acceptors (Lipinski definition) is 7. The lowest BCUT2D eigenvalue weighted by molar-refractivity contribution is -0.193. The third kappa shape index (κ3) is 9.84. The topological polar surface area (TPSA) is 137 Å². The fourth-order valence-electron chi connectivity index (χ4n) is 4.17. The van der Waals surface area contributed by atoms with Crippen molar-refractivity contribution in [1.29, 1.82) is 0 Å². The van der Waals surface area contributed by atoms with E-state index in [4.69, 9.17) is 24.5 Å². The number of carboxylic acids is 2. The molecule has 0 saturated carbocycles. The predicted molar refractivity (Wildman–Crippen MR) is 135 cm³/mol. The van der Waals surface area contributed by atoms with Gasteiger partial charge in [-0.05, 0) is 55.8 Å². The highest BCUT2D eigenvalue weighted by Crippen LogP contribution is 2.39. The zero-order chi connectivity index (χ0) is 31.8. The van der Waals surface area contributed by atoms with Gasteiger partial charge in [0.15, 0.2) is 0 Å². The summed E-state index contributed by atoms with van der Waals surface area (Å²) in [5.41, 5.74) is 1.11. The number of halogens is 6. The van der Waals surface area contributed by atoms with Crippen molar-refractivity contribution in [2.75, 3.05) is 32.8 Å². The van der Waals surface area contributed by atoms with E-state index < -0.39 is 34.3 Å². The molecule has 0 amide bonds. The van der Waals surface area contributed by atoms with Gasteiger partial charge < -0.3 is 14.9 Å². The average Bonchev–Trinajstić information content (AvgIpc) is 2.91. The van der Waals surface area contributed by atoms with E-state index in [0.717, 1.165) is 32.5 Å². The van der Waals surface area contributed by atoms with Crippen molar-refractivity contribution in [3.8, 4) is 5.75 Å². The Bertz CT molecular complexity index is 1280. The van der Waals surface area contributed by atoms with Crippen LogP contribution in [0.15, 0.2) is 53.7 Å². The fraction of sp³-hybridized carbons (Fsp3) is 0.480. The molecule has 1 spiro atoms. The number of fused-ring (bicyclic) bond motifs is 1. The van der Waals surface area contributed by atoms with E-state index in [9.17, 15) is 34.8 Å². The first-order chi connectivity index (χ1) is 19.4. The standard InChI is InChI=1S/C21H27N3O3S.2C2HF3O2/c1-2-24-16-21(17-27-19-5-3-4-6-20(19)28(24,25)26)9-13-23(14-10-21)15-18-7-11-22-12-8-18;2*3-2(4,5)1(6)7/h3-8,11-12H,2,9-10,13-17H2,1H3;2*(H,6,7). The number of nitrogens with zero attached hydrogens (tertiary/aromatic N) is 3. The van der Waals surface area contributed by atoms with Crippen LogP contribution in [0.5, 0.6) is 5.75 Å². The normalized spacial score (nSPS) is 18.5. The number of benzene rings is 1. The lowest BCUT2D eigenvalue weighted by Gasteiger charge is -2.44. The van der Waals surface area contributed by atoms with Gasteiger partial charge in [-0.2, -0.15) is 30.6 Å². The number of ether oxygens (including phenoxy) is 1. The highest BCUT2D eigenvalue weighted by atomic mass is 32.2. The molecule has 0 radical (unpaired) electrons. The number of aliphatic carboxylic acids is 2. The number of likely N-dealkylation sites (tertiary alicyclic amines) is 1. The molecule has 4 rings (SSSR count). The van der Waals surface area contributed by atoms with E-state index in [1.807, 2.05) is 37.5 Å². The van der Waals surface area contributed by atoms with Gasteiger partial charge in [0.05, 0.1) is 6.61 Å². The number of pyridine rings is 1. The minimum absolute atomic E-state index is 0.147. The van der Waals surface area contributed by atoms with Crippen LogP contribution in [0.1, 0.15) is 25.3 Å². The quantitative estimate of drug-likeness (QED) is 0.482. The summed E-state index contributed by atoms with van der Waals surface area (Å²) in [7, 11) is -3.54. The molecule has 0 aliphatic carbocycles. The molecule has 2 N–H and O–H groups in total. The molecule has 2 aliphatic rings. The van der Waals surface area contributed by atoms with Gasteiger partial charge in [0.25, 0.3) is 0 Å². The van der Waals surface area contributed by atoms with E-state index in [0.29, 0.717) is 25.4 Å². The minimum Gasteiger partial charge on any atom is -0.492 e. The van der Waals surface area contributed by atoms with Crippen LogP contribution in [-0.2, 0) is 26.2 Å². The average molecular weight is 630 g/mol. The second-order valence-electron chi connectivity index (χ2n) is 9.40. The lowest BCUT2D eigenvalue weighted by atomic mass is 9.78. The Labute approximate surface area is 237 Å². The summed E-state index contributed by atoms with van der Waals surface area (Å²) in [4.78, 5) is 24.6. The monoisotopic (exact) mass is 629 g/mol. The van der Waals surface area contributed by atoms with E-state index in [1.54, 1.807) is 22.5 Å². The van der Waals surface area contributed by atoms with Crippen LogP contribution in [0.25, 0.3) is 0 Å². The molecule has 3 heterocycles. The molecule has 1 aromatic carbocycles. The van der Waals surface area contributed by atoms with E-state index in [1.165, 1.54) is 5.56 Å². The Kier molecular flexibility index (Phi) is 11.7. The first-order valence-electron chi connectivity index (χ1n) is 12.3. The fourth-order valence-corrected chi connectivity index (χ4v) is 5.87. The molecule has 1 fully saturated rings. The third-order valence-electron chi connectivity index (χ3n) is 6.42. The number of para-hydroxylation sites is 1. The molecular weight excluding hydrogens is 600 g/mol. The van der Waals surface area contributed by atoms with Gasteiger partial charge in [0, 0.05) is 37.4 Å².